The fourth-order valence-electron chi connectivity index (χ4n) is 1.73. The summed E-state index contributed by atoms with van der Waals surface area (Å²) in [7, 11) is -4.91. The highest BCUT2D eigenvalue weighted by Crippen LogP contribution is 2.23. The Morgan fingerprint density at radius 3 is 2.42 bits per heavy atom. The van der Waals surface area contributed by atoms with Crippen LogP contribution in [0.5, 0.6) is 0 Å². The van der Waals surface area contributed by atoms with E-state index in [4.69, 9.17) is 14.4 Å². The maximum absolute atomic E-state index is 10.9. The number of rotatable bonds is 4. The summed E-state index contributed by atoms with van der Waals surface area (Å²) in [5, 5.41) is 30.5. The van der Waals surface area contributed by atoms with Gasteiger partial charge in [-0.1, -0.05) is 0 Å². The van der Waals surface area contributed by atoms with E-state index >= 15 is 0 Å². The Hall–Kier alpha value is -0.820. The third-order valence-electron chi connectivity index (χ3n) is 2.47. The largest absolute Gasteiger partial charge is 0.397 e. The number of hydrogen-bond donors (Lipinski definition) is 5. The number of ether oxygens (including phenoxy) is 1. The third kappa shape index (κ3) is 4.35. The monoisotopic (exact) mass is 301 g/mol. The standard InChI is InChI=1S/C8H15NO9S/c1-3(11)9-5-6(12)7(18-19(14,15)16)4(2-10)17-8(5)13/h4-8,10,12-13H,2H2,1H3,(H,9,11)(H,14,15,16)/t4-,5-,6-,7-,8-/m1/s1. The number of aliphatic hydroxyl groups is 3. The molecule has 0 aromatic rings. The number of carbonyl (C=O) groups is 1. The van der Waals surface area contributed by atoms with Crippen LogP contribution in [-0.4, -0.2) is 71.4 Å². The van der Waals surface area contributed by atoms with Crippen LogP contribution in [0.25, 0.3) is 0 Å². The van der Waals surface area contributed by atoms with Crippen LogP contribution < -0.4 is 5.32 Å². The van der Waals surface area contributed by atoms with Crippen molar-refractivity contribution in [3.05, 3.63) is 0 Å². The molecule has 0 aromatic heterocycles. The minimum Gasteiger partial charge on any atom is -0.394 e. The summed E-state index contributed by atoms with van der Waals surface area (Å²) in [6.45, 7) is 0.331. The van der Waals surface area contributed by atoms with Gasteiger partial charge >= 0.3 is 10.4 Å². The average Bonchev–Trinajstić information content (AvgIpc) is 2.26. The lowest BCUT2D eigenvalue weighted by atomic mass is 9.97. The van der Waals surface area contributed by atoms with Gasteiger partial charge in [-0.3, -0.25) is 9.35 Å². The van der Waals surface area contributed by atoms with E-state index in [1.165, 1.54) is 0 Å². The van der Waals surface area contributed by atoms with Crippen molar-refractivity contribution in [2.75, 3.05) is 6.61 Å². The second-order valence-corrected chi connectivity index (χ2v) is 5.00. The van der Waals surface area contributed by atoms with Crippen LogP contribution in [0.3, 0.4) is 0 Å². The number of amides is 1. The zero-order valence-corrected chi connectivity index (χ0v) is 10.6. The molecule has 11 heteroatoms. The van der Waals surface area contributed by atoms with Crippen LogP contribution in [0.4, 0.5) is 0 Å². The second-order valence-electron chi connectivity index (χ2n) is 3.95. The highest BCUT2D eigenvalue weighted by Gasteiger charge is 2.47. The van der Waals surface area contributed by atoms with E-state index in [2.05, 4.69) is 9.50 Å². The van der Waals surface area contributed by atoms with Crippen molar-refractivity contribution in [3.8, 4) is 0 Å². The van der Waals surface area contributed by atoms with E-state index in [-0.39, 0.29) is 0 Å². The van der Waals surface area contributed by atoms with E-state index in [9.17, 15) is 23.4 Å². The molecule has 10 nitrogen and oxygen atoms in total. The fraction of sp³-hybridized carbons (Fsp3) is 0.875. The van der Waals surface area contributed by atoms with Gasteiger partial charge < -0.3 is 25.4 Å². The normalized spacial score (nSPS) is 35.9. The van der Waals surface area contributed by atoms with Gasteiger partial charge in [-0.25, -0.2) is 4.18 Å². The molecule has 1 amide bonds. The number of nitrogens with one attached hydrogen (secondary N) is 1. The molecule has 5 N–H and O–H groups in total. The highest BCUT2D eigenvalue weighted by molar-refractivity contribution is 7.80. The Morgan fingerprint density at radius 2 is 2.00 bits per heavy atom. The Labute approximate surface area is 108 Å². The molecule has 1 rings (SSSR count). The predicted octanol–water partition coefficient (Wildman–Crippen LogP) is -3.25. The molecule has 112 valence electrons. The van der Waals surface area contributed by atoms with Crippen LogP contribution in [0.1, 0.15) is 6.92 Å². The molecule has 1 aliphatic heterocycles. The summed E-state index contributed by atoms with van der Waals surface area (Å²) in [5.74, 6) is -0.611. The number of aliphatic hydroxyl groups excluding tert-OH is 3. The SMILES string of the molecule is CC(=O)N[C@@H]1[C@@H](O)[C@H](OS(=O)(=O)O)[C@@H](CO)O[C@H]1O. The molecular formula is C8H15NO9S. The highest BCUT2D eigenvalue weighted by atomic mass is 32.3. The topological polar surface area (TPSA) is 163 Å². The molecule has 0 radical (unpaired) electrons. The average molecular weight is 301 g/mol. The van der Waals surface area contributed by atoms with Crippen molar-refractivity contribution in [3.63, 3.8) is 0 Å². The summed E-state index contributed by atoms with van der Waals surface area (Å²) in [4.78, 5) is 10.9. The van der Waals surface area contributed by atoms with E-state index in [1.807, 2.05) is 0 Å². The first-order chi connectivity index (χ1) is 8.65. The fourth-order valence-corrected chi connectivity index (χ4v) is 2.25. The lowest BCUT2D eigenvalue weighted by molar-refractivity contribution is -0.248. The van der Waals surface area contributed by atoms with Crippen LogP contribution >= 0.6 is 0 Å². The van der Waals surface area contributed by atoms with Crippen LogP contribution in [0.2, 0.25) is 0 Å². The lowest BCUT2D eigenvalue weighted by Crippen LogP contribution is -2.64. The van der Waals surface area contributed by atoms with Gasteiger partial charge in [-0.15, -0.1) is 0 Å². The zero-order valence-electron chi connectivity index (χ0n) is 9.83. The molecule has 0 bridgehead atoms. The molecule has 0 unspecified atom stereocenters. The molecule has 0 spiro atoms. The summed E-state index contributed by atoms with van der Waals surface area (Å²) in [5.41, 5.74) is 0. The van der Waals surface area contributed by atoms with Gasteiger partial charge in [0.2, 0.25) is 5.91 Å². The summed E-state index contributed by atoms with van der Waals surface area (Å²) >= 11 is 0. The number of carbonyl (C=O) groups excluding carboxylic acids is 1. The third-order valence-corrected chi connectivity index (χ3v) is 2.94. The van der Waals surface area contributed by atoms with Crippen molar-refractivity contribution >= 4 is 16.3 Å². The first-order valence-corrected chi connectivity index (χ1v) is 6.57. The molecule has 1 aliphatic rings. The van der Waals surface area contributed by atoms with Gasteiger partial charge in [0.1, 0.15) is 24.4 Å². The quantitative estimate of drug-likeness (QED) is 0.335. The maximum atomic E-state index is 10.9. The predicted molar refractivity (Wildman–Crippen MR) is 58.0 cm³/mol. The molecule has 1 saturated heterocycles. The van der Waals surface area contributed by atoms with Crippen LogP contribution in [0.15, 0.2) is 0 Å². The van der Waals surface area contributed by atoms with Gasteiger partial charge in [0.25, 0.3) is 0 Å². The van der Waals surface area contributed by atoms with Crippen molar-refractivity contribution in [2.45, 2.75) is 37.6 Å². The first kappa shape index (κ1) is 16.2. The summed E-state index contributed by atoms with van der Waals surface area (Å²) in [6.07, 6.45) is -6.46. The molecule has 5 atom stereocenters. The molecule has 1 fully saturated rings. The van der Waals surface area contributed by atoms with Gasteiger partial charge in [0, 0.05) is 6.92 Å². The van der Waals surface area contributed by atoms with Crippen LogP contribution in [0, 0.1) is 0 Å². The van der Waals surface area contributed by atoms with Crippen molar-refractivity contribution in [1.29, 1.82) is 0 Å². The lowest BCUT2D eigenvalue weighted by Gasteiger charge is -2.41. The summed E-state index contributed by atoms with van der Waals surface area (Å²) < 4.78 is 38.9. The van der Waals surface area contributed by atoms with Gasteiger partial charge in [-0.05, 0) is 0 Å². The smallest absolute Gasteiger partial charge is 0.394 e. The molecule has 19 heavy (non-hydrogen) atoms. The van der Waals surface area contributed by atoms with Gasteiger partial charge in [-0.2, -0.15) is 8.42 Å². The minimum absolute atomic E-state index is 0.611. The van der Waals surface area contributed by atoms with Crippen molar-refractivity contribution < 1.29 is 42.0 Å². The molecule has 1 heterocycles. The molecular weight excluding hydrogens is 286 g/mol. The van der Waals surface area contributed by atoms with Gasteiger partial charge in [0.15, 0.2) is 6.29 Å². The Bertz CT molecular complexity index is 424. The molecule has 0 aliphatic carbocycles. The second kappa shape index (κ2) is 6.09. The number of hydrogen-bond acceptors (Lipinski definition) is 8. The minimum atomic E-state index is -4.91. The van der Waals surface area contributed by atoms with Crippen molar-refractivity contribution in [1.82, 2.24) is 5.32 Å². The van der Waals surface area contributed by atoms with E-state index in [1.54, 1.807) is 0 Å². The van der Waals surface area contributed by atoms with Gasteiger partial charge in [0.05, 0.1) is 6.61 Å². The van der Waals surface area contributed by atoms with Crippen molar-refractivity contribution in [2.24, 2.45) is 0 Å². The maximum Gasteiger partial charge on any atom is 0.397 e. The molecule has 0 saturated carbocycles. The Morgan fingerprint density at radius 1 is 1.42 bits per heavy atom. The first-order valence-electron chi connectivity index (χ1n) is 5.21. The Kier molecular flexibility index (Phi) is 5.20. The van der Waals surface area contributed by atoms with Crippen LogP contribution in [-0.2, 0) is 24.1 Å². The summed E-state index contributed by atoms with van der Waals surface area (Å²) in [6, 6.07) is -1.37. The molecule has 0 aromatic carbocycles. The van der Waals surface area contributed by atoms with E-state index in [0.717, 1.165) is 6.92 Å². The Balaban J connectivity index is 2.94. The van der Waals surface area contributed by atoms with E-state index in [0.29, 0.717) is 0 Å². The zero-order chi connectivity index (χ0) is 14.8. The van der Waals surface area contributed by atoms with E-state index < -0.39 is 53.6 Å².